The molecular formula is C22H25N3O4. The predicted molar refractivity (Wildman–Crippen MR) is 111 cm³/mol. The van der Waals surface area contributed by atoms with Crippen LogP contribution in [0.5, 0.6) is 0 Å². The molecule has 2 aromatic rings. The van der Waals surface area contributed by atoms with Gasteiger partial charge < -0.3 is 21.1 Å². The van der Waals surface area contributed by atoms with E-state index < -0.39 is 5.97 Å². The summed E-state index contributed by atoms with van der Waals surface area (Å²) in [4.78, 5) is 35.7. The zero-order chi connectivity index (χ0) is 20.8. The molecule has 0 aliphatic heterocycles. The lowest BCUT2D eigenvalue weighted by molar-refractivity contribution is -0.142. The highest BCUT2D eigenvalue weighted by molar-refractivity contribution is 6.04. The van der Waals surface area contributed by atoms with Crippen molar-refractivity contribution < 1.29 is 19.5 Å². The minimum absolute atomic E-state index is 0.0353. The molecule has 3 amide bonds. The normalized spacial score (nSPS) is 18.5. The van der Waals surface area contributed by atoms with E-state index in [1.54, 1.807) is 36.4 Å². The van der Waals surface area contributed by atoms with E-state index in [0.717, 1.165) is 5.56 Å². The Morgan fingerprint density at radius 1 is 0.931 bits per heavy atom. The number of nitrogens with one attached hydrogen (secondary N) is 3. The van der Waals surface area contributed by atoms with Gasteiger partial charge in [0.1, 0.15) is 0 Å². The summed E-state index contributed by atoms with van der Waals surface area (Å²) in [5.74, 6) is -1.30. The zero-order valence-corrected chi connectivity index (χ0v) is 16.3. The van der Waals surface area contributed by atoms with Crippen LogP contribution < -0.4 is 16.0 Å². The first-order chi connectivity index (χ1) is 13.9. The number of carboxylic acid groups (broad SMARTS) is 1. The van der Waals surface area contributed by atoms with E-state index in [4.69, 9.17) is 5.11 Å². The van der Waals surface area contributed by atoms with Crippen LogP contribution in [0.3, 0.4) is 0 Å². The van der Waals surface area contributed by atoms with Gasteiger partial charge in [0.2, 0.25) is 0 Å². The standard InChI is InChI=1S/C22H25N3O4/c1-14-7-10-18(23-20(26)15-5-3-2-4-6-15)13-19(14)25-22(29)24-17-11-8-16(9-12-17)21(27)28/h2-7,10,13,16-17H,8-9,11-12H2,1H3,(H,23,26)(H,27,28)(H2,24,25,29). The molecule has 29 heavy (non-hydrogen) atoms. The molecule has 152 valence electrons. The third-order valence-corrected chi connectivity index (χ3v) is 5.19. The fraction of sp³-hybridized carbons (Fsp3) is 0.318. The van der Waals surface area contributed by atoms with Gasteiger partial charge in [-0.3, -0.25) is 9.59 Å². The number of carbonyl (C=O) groups is 3. The molecule has 3 rings (SSSR count). The maximum atomic E-state index is 12.4. The van der Waals surface area contributed by atoms with Crippen LogP contribution >= 0.6 is 0 Å². The van der Waals surface area contributed by atoms with Crippen LogP contribution in [0, 0.1) is 12.8 Å². The Balaban J connectivity index is 1.58. The van der Waals surface area contributed by atoms with Crippen molar-refractivity contribution in [2.45, 2.75) is 38.6 Å². The van der Waals surface area contributed by atoms with Crippen molar-refractivity contribution in [1.29, 1.82) is 0 Å². The minimum atomic E-state index is -0.766. The number of aryl methyl sites for hydroxylation is 1. The summed E-state index contributed by atoms with van der Waals surface area (Å²) in [6.45, 7) is 1.87. The SMILES string of the molecule is Cc1ccc(NC(=O)c2ccccc2)cc1NC(=O)NC1CCC(C(=O)O)CC1. The number of amides is 3. The second-order valence-corrected chi connectivity index (χ2v) is 7.34. The van der Waals surface area contributed by atoms with Gasteiger partial charge in [-0.15, -0.1) is 0 Å². The molecule has 0 saturated heterocycles. The van der Waals surface area contributed by atoms with E-state index in [1.165, 1.54) is 0 Å². The zero-order valence-electron chi connectivity index (χ0n) is 16.3. The molecule has 0 spiro atoms. The molecule has 0 radical (unpaired) electrons. The van der Waals surface area contributed by atoms with Crippen molar-refractivity contribution >= 4 is 29.3 Å². The highest BCUT2D eigenvalue weighted by Crippen LogP contribution is 2.25. The van der Waals surface area contributed by atoms with Crippen LogP contribution in [-0.2, 0) is 4.79 Å². The Kier molecular flexibility index (Phi) is 6.49. The van der Waals surface area contributed by atoms with Crippen LogP contribution in [0.1, 0.15) is 41.6 Å². The Morgan fingerprint density at radius 3 is 2.28 bits per heavy atom. The van der Waals surface area contributed by atoms with Gasteiger partial charge in [-0.05, 0) is 62.4 Å². The lowest BCUT2D eigenvalue weighted by Gasteiger charge is -2.27. The summed E-state index contributed by atoms with van der Waals surface area (Å²) in [5, 5.41) is 17.6. The summed E-state index contributed by atoms with van der Waals surface area (Å²) in [5.41, 5.74) is 2.61. The second kappa shape index (κ2) is 9.23. The largest absolute Gasteiger partial charge is 0.481 e. The first-order valence-electron chi connectivity index (χ1n) is 9.70. The number of aliphatic carboxylic acids is 1. The lowest BCUT2D eigenvalue weighted by atomic mass is 9.86. The molecule has 0 bridgehead atoms. The predicted octanol–water partition coefficient (Wildman–Crippen LogP) is 4.01. The van der Waals surface area contributed by atoms with Gasteiger partial charge in [-0.1, -0.05) is 24.3 Å². The average Bonchev–Trinajstić information content (AvgIpc) is 2.71. The average molecular weight is 395 g/mol. The van der Waals surface area contributed by atoms with E-state index in [2.05, 4.69) is 16.0 Å². The highest BCUT2D eigenvalue weighted by Gasteiger charge is 2.26. The molecule has 0 atom stereocenters. The number of benzene rings is 2. The quantitative estimate of drug-likeness (QED) is 0.613. The van der Waals surface area contributed by atoms with E-state index >= 15 is 0 Å². The lowest BCUT2D eigenvalue weighted by Crippen LogP contribution is -2.41. The summed E-state index contributed by atoms with van der Waals surface area (Å²) in [6, 6.07) is 13.9. The van der Waals surface area contributed by atoms with Gasteiger partial charge in [0.05, 0.1) is 5.92 Å². The Labute approximate surface area is 169 Å². The molecule has 7 nitrogen and oxygen atoms in total. The number of carboxylic acids is 1. The Morgan fingerprint density at radius 2 is 1.62 bits per heavy atom. The fourth-order valence-electron chi connectivity index (χ4n) is 3.46. The topological polar surface area (TPSA) is 108 Å². The molecule has 0 unspecified atom stereocenters. The van der Waals surface area contributed by atoms with Gasteiger partial charge in [-0.25, -0.2) is 4.79 Å². The number of carbonyl (C=O) groups excluding carboxylic acids is 2. The number of rotatable bonds is 5. The number of anilines is 2. The number of hydrogen-bond acceptors (Lipinski definition) is 3. The van der Waals surface area contributed by atoms with E-state index in [0.29, 0.717) is 42.6 Å². The van der Waals surface area contributed by atoms with Crippen LogP contribution in [0.2, 0.25) is 0 Å². The number of hydrogen-bond donors (Lipinski definition) is 4. The van der Waals surface area contributed by atoms with Gasteiger partial charge >= 0.3 is 12.0 Å². The maximum absolute atomic E-state index is 12.4. The smallest absolute Gasteiger partial charge is 0.319 e. The van der Waals surface area contributed by atoms with E-state index in [9.17, 15) is 14.4 Å². The molecule has 4 N–H and O–H groups in total. The molecule has 0 aromatic heterocycles. The molecule has 0 heterocycles. The van der Waals surface area contributed by atoms with Crippen molar-refractivity contribution in [2.24, 2.45) is 5.92 Å². The monoisotopic (exact) mass is 395 g/mol. The van der Waals surface area contributed by atoms with Crippen molar-refractivity contribution in [1.82, 2.24) is 5.32 Å². The van der Waals surface area contributed by atoms with Crippen LogP contribution in [0.25, 0.3) is 0 Å². The molecule has 2 aromatic carbocycles. The van der Waals surface area contributed by atoms with Gasteiger partial charge in [0.15, 0.2) is 0 Å². The van der Waals surface area contributed by atoms with Gasteiger partial charge in [0.25, 0.3) is 5.91 Å². The Hall–Kier alpha value is -3.35. The van der Waals surface area contributed by atoms with Gasteiger partial charge in [-0.2, -0.15) is 0 Å². The second-order valence-electron chi connectivity index (χ2n) is 7.34. The van der Waals surface area contributed by atoms with Crippen LogP contribution in [0.15, 0.2) is 48.5 Å². The molecule has 7 heteroatoms. The van der Waals surface area contributed by atoms with E-state index in [1.807, 2.05) is 19.1 Å². The van der Waals surface area contributed by atoms with Crippen LogP contribution in [0.4, 0.5) is 16.2 Å². The van der Waals surface area contributed by atoms with E-state index in [-0.39, 0.29) is 23.9 Å². The first-order valence-corrected chi connectivity index (χ1v) is 9.70. The van der Waals surface area contributed by atoms with Crippen molar-refractivity contribution in [3.05, 3.63) is 59.7 Å². The summed E-state index contributed by atoms with van der Waals surface area (Å²) >= 11 is 0. The third kappa shape index (κ3) is 5.57. The fourth-order valence-corrected chi connectivity index (χ4v) is 3.46. The summed E-state index contributed by atoms with van der Waals surface area (Å²) in [7, 11) is 0. The van der Waals surface area contributed by atoms with Crippen LogP contribution in [-0.4, -0.2) is 29.1 Å². The van der Waals surface area contributed by atoms with Gasteiger partial charge in [0, 0.05) is 23.0 Å². The maximum Gasteiger partial charge on any atom is 0.319 e. The van der Waals surface area contributed by atoms with Crippen molar-refractivity contribution in [3.63, 3.8) is 0 Å². The minimum Gasteiger partial charge on any atom is -0.481 e. The number of urea groups is 1. The first kappa shape index (κ1) is 20.4. The molecular weight excluding hydrogens is 370 g/mol. The highest BCUT2D eigenvalue weighted by atomic mass is 16.4. The summed E-state index contributed by atoms with van der Waals surface area (Å²) in [6.07, 6.45) is 2.44. The summed E-state index contributed by atoms with van der Waals surface area (Å²) < 4.78 is 0. The van der Waals surface area contributed by atoms with Crippen molar-refractivity contribution in [3.8, 4) is 0 Å². The molecule has 1 fully saturated rings. The Bertz CT molecular complexity index is 890. The molecule has 1 aliphatic rings. The van der Waals surface area contributed by atoms with Crippen molar-refractivity contribution in [2.75, 3.05) is 10.6 Å². The molecule has 1 aliphatic carbocycles. The third-order valence-electron chi connectivity index (χ3n) is 5.19. The molecule has 1 saturated carbocycles.